The van der Waals surface area contributed by atoms with Gasteiger partial charge in [-0.25, -0.2) is 0 Å². The van der Waals surface area contributed by atoms with Crippen molar-refractivity contribution in [1.29, 1.82) is 0 Å². The van der Waals surface area contributed by atoms with E-state index in [1.807, 2.05) is 0 Å². The van der Waals surface area contributed by atoms with Crippen LogP contribution in [0.15, 0.2) is 42.2 Å². The first-order valence-corrected chi connectivity index (χ1v) is 10.1. The second kappa shape index (κ2) is 5.72. The highest BCUT2D eigenvalue weighted by atomic mass is 28.4. The third kappa shape index (κ3) is 4.31. The van der Waals surface area contributed by atoms with Crippen LogP contribution < -0.4 is 0 Å². The molecule has 0 atom stereocenters. The summed E-state index contributed by atoms with van der Waals surface area (Å²) in [6.45, 7) is 9.87. The fourth-order valence-electron chi connectivity index (χ4n) is 2.16. The molecule has 1 aromatic carbocycles. The Morgan fingerprint density at radius 2 is 1.89 bits per heavy atom. The Balaban J connectivity index is 1.86. The van der Waals surface area contributed by atoms with Crippen molar-refractivity contribution in [2.24, 2.45) is 0 Å². The minimum atomic E-state index is -1.43. The molecular weight excluding hydrogens is 238 g/mol. The van der Waals surface area contributed by atoms with Crippen LogP contribution in [0.4, 0.5) is 0 Å². The maximum atomic E-state index is 6.05. The summed E-state index contributed by atoms with van der Waals surface area (Å²) in [5.41, 5.74) is 1.39. The maximum absolute atomic E-state index is 6.05. The van der Waals surface area contributed by atoms with E-state index in [2.05, 4.69) is 60.9 Å². The zero-order valence-electron chi connectivity index (χ0n) is 11.6. The van der Waals surface area contributed by atoms with E-state index < -0.39 is 8.32 Å². The third-order valence-corrected chi connectivity index (χ3v) is 3.81. The Morgan fingerprint density at radius 1 is 1.17 bits per heavy atom. The summed E-state index contributed by atoms with van der Waals surface area (Å²) in [6.07, 6.45) is 3.31. The molecule has 0 amide bonds. The van der Waals surface area contributed by atoms with Gasteiger partial charge in [0.25, 0.3) is 0 Å². The van der Waals surface area contributed by atoms with Gasteiger partial charge in [0, 0.05) is 26.1 Å². The topological polar surface area (TPSA) is 12.5 Å². The largest absolute Gasteiger partial charge is 0.547 e. The highest BCUT2D eigenvalue weighted by Crippen LogP contribution is 2.18. The summed E-state index contributed by atoms with van der Waals surface area (Å²) in [5.74, 6) is 1.21. The lowest BCUT2D eigenvalue weighted by molar-refractivity contribution is 0.253. The van der Waals surface area contributed by atoms with Crippen molar-refractivity contribution in [3.8, 4) is 0 Å². The first-order valence-electron chi connectivity index (χ1n) is 6.67. The van der Waals surface area contributed by atoms with Crippen LogP contribution in [0.5, 0.6) is 0 Å². The molecule has 0 bridgehead atoms. The second-order valence-corrected chi connectivity index (χ2v) is 10.3. The van der Waals surface area contributed by atoms with Gasteiger partial charge in [0.1, 0.15) is 0 Å². The Bertz CT molecular complexity index is 408. The molecule has 0 aliphatic carbocycles. The average molecular weight is 261 g/mol. The minimum Gasteiger partial charge on any atom is -0.547 e. The van der Waals surface area contributed by atoms with Crippen molar-refractivity contribution in [2.45, 2.75) is 32.6 Å². The van der Waals surface area contributed by atoms with Crippen LogP contribution in [0.25, 0.3) is 0 Å². The lowest BCUT2D eigenvalue weighted by Gasteiger charge is -2.29. The highest BCUT2D eigenvalue weighted by molar-refractivity contribution is 6.70. The molecule has 0 radical (unpaired) electrons. The Labute approximate surface area is 111 Å². The third-order valence-electron chi connectivity index (χ3n) is 2.94. The van der Waals surface area contributed by atoms with Crippen LogP contribution >= 0.6 is 0 Å². The lowest BCUT2D eigenvalue weighted by atomic mass is 10.1. The van der Waals surface area contributed by atoms with Crippen LogP contribution in [0.2, 0.25) is 19.6 Å². The normalized spacial score (nSPS) is 17.4. The molecule has 0 fully saturated rings. The van der Waals surface area contributed by atoms with Gasteiger partial charge in [0.15, 0.2) is 0 Å². The fraction of sp³-hybridized carbons (Fsp3) is 0.467. The molecular formula is C15H23NOSi. The van der Waals surface area contributed by atoms with Crippen molar-refractivity contribution < 1.29 is 4.43 Å². The Hall–Kier alpha value is -1.06. The number of hydrogen-bond donors (Lipinski definition) is 0. The van der Waals surface area contributed by atoms with E-state index in [9.17, 15) is 0 Å². The number of rotatable bonds is 4. The first-order chi connectivity index (χ1) is 8.53. The summed E-state index contributed by atoms with van der Waals surface area (Å²) in [5, 5.41) is 0. The molecule has 0 N–H and O–H groups in total. The molecule has 0 spiro atoms. The van der Waals surface area contributed by atoms with Crippen LogP contribution in [-0.2, 0) is 11.0 Å². The van der Waals surface area contributed by atoms with E-state index in [1.54, 1.807) is 0 Å². The quantitative estimate of drug-likeness (QED) is 0.767. The van der Waals surface area contributed by atoms with E-state index >= 15 is 0 Å². The van der Waals surface area contributed by atoms with E-state index in [4.69, 9.17) is 4.43 Å². The summed E-state index contributed by atoms with van der Waals surface area (Å²) in [6, 6.07) is 10.7. The van der Waals surface area contributed by atoms with Gasteiger partial charge in [-0.3, -0.25) is 4.90 Å². The first kappa shape index (κ1) is 13.4. The van der Waals surface area contributed by atoms with Gasteiger partial charge in [-0.15, -0.1) is 0 Å². The molecule has 1 aromatic rings. The van der Waals surface area contributed by atoms with E-state index in [-0.39, 0.29) is 0 Å². The van der Waals surface area contributed by atoms with Crippen molar-refractivity contribution >= 4 is 8.32 Å². The standard InChI is InChI=1S/C15H23NOSi/c1-18(2,3)17-15-9-11-16(12-10-15)13-14-7-5-4-6-8-14/h4-9H,10-13H2,1-3H3. The Morgan fingerprint density at radius 3 is 2.44 bits per heavy atom. The number of hydrogen-bond acceptors (Lipinski definition) is 2. The van der Waals surface area contributed by atoms with Gasteiger partial charge in [-0.05, 0) is 31.3 Å². The van der Waals surface area contributed by atoms with E-state index in [0.717, 1.165) is 26.1 Å². The molecule has 0 unspecified atom stereocenters. The van der Waals surface area contributed by atoms with Crippen LogP contribution in [-0.4, -0.2) is 26.3 Å². The smallest absolute Gasteiger partial charge is 0.241 e. The minimum absolute atomic E-state index is 1.01. The van der Waals surface area contributed by atoms with Gasteiger partial charge in [0.2, 0.25) is 8.32 Å². The van der Waals surface area contributed by atoms with Crippen molar-refractivity contribution in [2.75, 3.05) is 13.1 Å². The van der Waals surface area contributed by atoms with E-state index in [0.29, 0.717) is 0 Å². The summed E-state index contributed by atoms with van der Waals surface area (Å²) < 4.78 is 6.05. The van der Waals surface area contributed by atoms with Gasteiger partial charge in [0.05, 0.1) is 5.76 Å². The number of nitrogens with zero attached hydrogens (tertiary/aromatic N) is 1. The van der Waals surface area contributed by atoms with Gasteiger partial charge >= 0.3 is 0 Å². The van der Waals surface area contributed by atoms with Crippen LogP contribution in [0, 0.1) is 0 Å². The molecule has 2 rings (SSSR count). The molecule has 3 heteroatoms. The Kier molecular flexibility index (Phi) is 4.25. The second-order valence-electron chi connectivity index (χ2n) is 5.86. The van der Waals surface area contributed by atoms with Gasteiger partial charge < -0.3 is 4.43 Å². The van der Waals surface area contributed by atoms with Crippen molar-refractivity contribution in [1.82, 2.24) is 4.90 Å². The van der Waals surface area contributed by atoms with E-state index in [1.165, 1.54) is 11.3 Å². The van der Waals surface area contributed by atoms with Crippen LogP contribution in [0.3, 0.4) is 0 Å². The van der Waals surface area contributed by atoms with Gasteiger partial charge in [-0.1, -0.05) is 30.3 Å². The lowest BCUT2D eigenvalue weighted by Crippen LogP contribution is -2.32. The highest BCUT2D eigenvalue weighted by Gasteiger charge is 2.20. The molecule has 1 heterocycles. The molecule has 2 nitrogen and oxygen atoms in total. The SMILES string of the molecule is C[Si](C)(C)OC1=CCN(Cc2ccccc2)CC1. The fourth-order valence-corrected chi connectivity index (χ4v) is 3.14. The molecule has 1 aliphatic rings. The predicted octanol–water partition coefficient (Wildman–Crippen LogP) is 3.63. The molecule has 98 valence electrons. The monoisotopic (exact) mass is 261 g/mol. The zero-order chi connectivity index (χ0) is 13.0. The molecule has 0 aromatic heterocycles. The van der Waals surface area contributed by atoms with Crippen molar-refractivity contribution in [3.05, 3.63) is 47.7 Å². The maximum Gasteiger partial charge on any atom is 0.241 e. The predicted molar refractivity (Wildman–Crippen MR) is 78.9 cm³/mol. The van der Waals surface area contributed by atoms with Crippen molar-refractivity contribution in [3.63, 3.8) is 0 Å². The molecule has 1 aliphatic heterocycles. The van der Waals surface area contributed by atoms with Crippen LogP contribution in [0.1, 0.15) is 12.0 Å². The van der Waals surface area contributed by atoms with Gasteiger partial charge in [-0.2, -0.15) is 0 Å². The zero-order valence-corrected chi connectivity index (χ0v) is 12.6. The summed E-state index contributed by atoms with van der Waals surface area (Å²) >= 11 is 0. The molecule has 0 saturated heterocycles. The molecule has 0 saturated carbocycles. The molecule has 18 heavy (non-hydrogen) atoms. The summed E-state index contributed by atoms with van der Waals surface area (Å²) in [7, 11) is -1.43. The summed E-state index contributed by atoms with van der Waals surface area (Å²) in [4.78, 5) is 2.46. The average Bonchev–Trinajstić information content (AvgIpc) is 2.31. The number of benzene rings is 1.